The highest BCUT2D eigenvalue weighted by atomic mass is 16.6. The minimum absolute atomic E-state index is 0.199. The molecule has 5 heteroatoms. The molecule has 0 amide bonds. The fourth-order valence-corrected chi connectivity index (χ4v) is 2.01. The van der Waals surface area contributed by atoms with Crippen LogP contribution in [0.4, 0.5) is 0 Å². The monoisotopic (exact) mass is 254 g/mol. The zero-order chi connectivity index (χ0) is 13.0. The molecule has 0 bridgehead atoms. The number of hydrogen-bond donors (Lipinski definition) is 3. The Morgan fingerprint density at radius 2 is 1.94 bits per heavy atom. The average Bonchev–Trinajstić information content (AvgIpc) is 2.40. The molecule has 0 radical (unpaired) electrons. The summed E-state index contributed by atoms with van der Waals surface area (Å²) in [4.78, 5) is 0. The van der Waals surface area contributed by atoms with Crippen LogP contribution in [0.2, 0.25) is 0 Å². The summed E-state index contributed by atoms with van der Waals surface area (Å²) in [6.07, 6.45) is -3.07. The van der Waals surface area contributed by atoms with Gasteiger partial charge >= 0.3 is 0 Å². The molecular formula is C13H18O5. The lowest BCUT2D eigenvalue weighted by molar-refractivity contribution is -0.249. The van der Waals surface area contributed by atoms with E-state index < -0.39 is 24.6 Å². The van der Waals surface area contributed by atoms with Gasteiger partial charge in [-0.3, -0.25) is 0 Å². The van der Waals surface area contributed by atoms with Gasteiger partial charge in [0.1, 0.15) is 12.2 Å². The van der Waals surface area contributed by atoms with Crippen LogP contribution in [0, 0.1) is 0 Å². The van der Waals surface area contributed by atoms with Gasteiger partial charge in [0.2, 0.25) is 0 Å². The number of hydrogen-bond acceptors (Lipinski definition) is 5. The number of ether oxygens (including phenoxy) is 2. The third-order valence-electron chi connectivity index (χ3n) is 3.01. The Morgan fingerprint density at radius 1 is 1.22 bits per heavy atom. The summed E-state index contributed by atoms with van der Waals surface area (Å²) in [6, 6.07) is 9.57. The van der Waals surface area contributed by atoms with E-state index in [2.05, 4.69) is 0 Å². The molecule has 1 saturated heterocycles. The number of rotatable bonds is 4. The van der Waals surface area contributed by atoms with Gasteiger partial charge in [0.15, 0.2) is 6.29 Å². The van der Waals surface area contributed by atoms with Gasteiger partial charge in [0.25, 0.3) is 0 Å². The lowest BCUT2D eigenvalue weighted by Crippen LogP contribution is -2.50. The Kier molecular flexibility index (Phi) is 4.68. The van der Waals surface area contributed by atoms with Crippen molar-refractivity contribution in [3.05, 3.63) is 35.9 Å². The molecule has 1 aromatic carbocycles. The maximum atomic E-state index is 9.90. The van der Waals surface area contributed by atoms with Gasteiger partial charge in [-0.05, 0) is 5.56 Å². The first-order valence-electron chi connectivity index (χ1n) is 5.98. The Morgan fingerprint density at radius 3 is 2.61 bits per heavy atom. The van der Waals surface area contributed by atoms with Gasteiger partial charge in [-0.1, -0.05) is 30.3 Å². The first kappa shape index (κ1) is 13.5. The van der Waals surface area contributed by atoms with Crippen LogP contribution in [0.3, 0.4) is 0 Å². The zero-order valence-electron chi connectivity index (χ0n) is 9.98. The molecule has 1 fully saturated rings. The highest BCUT2D eigenvalue weighted by Gasteiger charge is 2.37. The van der Waals surface area contributed by atoms with Crippen molar-refractivity contribution < 1.29 is 24.8 Å². The second-order valence-corrected chi connectivity index (χ2v) is 4.37. The third-order valence-corrected chi connectivity index (χ3v) is 3.01. The van der Waals surface area contributed by atoms with Crippen LogP contribution in [0.5, 0.6) is 0 Å². The molecule has 1 aromatic rings. The summed E-state index contributed by atoms with van der Waals surface area (Å²) in [5.41, 5.74) is 0.992. The molecule has 0 unspecified atom stereocenters. The Hall–Kier alpha value is -0.980. The molecule has 2 rings (SSSR count). The van der Waals surface area contributed by atoms with Crippen molar-refractivity contribution in [2.45, 2.75) is 37.6 Å². The number of benzene rings is 1. The molecule has 1 aliphatic heterocycles. The van der Waals surface area contributed by atoms with Crippen LogP contribution in [0.15, 0.2) is 30.3 Å². The van der Waals surface area contributed by atoms with Crippen molar-refractivity contribution in [3.8, 4) is 0 Å². The predicted octanol–water partition coefficient (Wildman–Crippen LogP) is 0.0323. The molecule has 1 aliphatic rings. The van der Waals surface area contributed by atoms with E-state index in [0.717, 1.165) is 5.56 Å². The van der Waals surface area contributed by atoms with Crippen LogP contribution in [0.1, 0.15) is 12.0 Å². The summed E-state index contributed by atoms with van der Waals surface area (Å²) in [5.74, 6) is 0. The van der Waals surface area contributed by atoms with E-state index >= 15 is 0 Å². The van der Waals surface area contributed by atoms with Crippen molar-refractivity contribution in [1.29, 1.82) is 0 Å². The number of aliphatic hydroxyl groups excluding tert-OH is 3. The van der Waals surface area contributed by atoms with Gasteiger partial charge in [-0.2, -0.15) is 0 Å². The molecule has 0 spiro atoms. The predicted molar refractivity (Wildman–Crippen MR) is 63.6 cm³/mol. The van der Waals surface area contributed by atoms with Crippen molar-refractivity contribution in [2.24, 2.45) is 0 Å². The fourth-order valence-electron chi connectivity index (χ4n) is 2.01. The smallest absolute Gasteiger partial charge is 0.157 e. The molecule has 1 heterocycles. The van der Waals surface area contributed by atoms with Crippen LogP contribution in [-0.2, 0) is 16.1 Å². The van der Waals surface area contributed by atoms with E-state index in [1.54, 1.807) is 0 Å². The third kappa shape index (κ3) is 3.28. The lowest BCUT2D eigenvalue weighted by Gasteiger charge is -2.36. The van der Waals surface area contributed by atoms with Crippen LogP contribution >= 0.6 is 0 Å². The molecule has 4 atom stereocenters. The summed E-state index contributed by atoms with van der Waals surface area (Å²) >= 11 is 0. The van der Waals surface area contributed by atoms with Crippen LogP contribution < -0.4 is 0 Å². The largest absolute Gasteiger partial charge is 0.394 e. The summed E-state index contributed by atoms with van der Waals surface area (Å²) in [7, 11) is 0. The van der Waals surface area contributed by atoms with Crippen molar-refractivity contribution in [1.82, 2.24) is 0 Å². The van der Waals surface area contributed by atoms with E-state index in [9.17, 15) is 10.2 Å². The zero-order valence-corrected chi connectivity index (χ0v) is 9.98. The van der Waals surface area contributed by atoms with Crippen molar-refractivity contribution >= 4 is 0 Å². The minimum Gasteiger partial charge on any atom is -0.394 e. The quantitative estimate of drug-likeness (QED) is 0.706. The van der Waals surface area contributed by atoms with E-state index in [0.29, 0.717) is 6.61 Å². The van der Waals surface area contributed by atoms with E-state index in [-0.39, 0.29) is 13.0 Å². The molecule has 5 nitrogen and oxygen atoms in total. The second-order valence-electron chi connectivity index (χ2n) is 4.37. The fraction of sp³-hybridized carbons (Fsp3) is 0.538. The average molecular weight is 254 g/mol. The van der Waals surface area contributed by atoms with E-state index in [1.165, 1.54) is 0 Å². The Bertz CT molecular complexity index is 356. The van der Waals surface area contributed by atoms with Crippen molar-refractivity contribution in [3.63, 3.8) is 0 Å². The summed E-state index contributed by atoms with van der Waals surface area (Å²) < 4.78 is 10.6. The lowest BCUT2D eigenvalue weighted by atomic mass is 10.0. The maximum Gasteiger partial charge on any atom is 0.157 e. The van der Waals surface area contributed by atoms with Crippen molar-refractivity contribution in [2.75, 3.05) is 6.61 Å². The van der Waals surface area contributed by atoms with Crippen LogP contribution in [-0.4, -0.2) is 46.5 Å². The first-order chi connectivity index (χ1) is 8.70. The SMILES string of the molecule is OC[C@H]1O[C@@H](O)C[C@@H](OCc2ccccc2)[C@@H]1O. The van der Waals surface area contributed by atoms with Gasteiger partial charge < -0.3 is 24.8 Å². The molecule has 3 N–H and O–H groups in total. The standard InChI is InChI=1S/C13H18O5/c14-7-11-13(16)10(6-12(15)18-11)17-8-9-4-2-1-3-5-9/h1-5,10-16H,6-8H2/t10-,11-,12-,13+/m1/s1. The summed E-state index contributed by atoms with van der Waals surface area (Å²) in [6.45, 7) is 0.0108. The minimum atomic E-state index is -1.01. The molecule has 0 aromatic heterocycles. The second kappa shape index (κ2) is 6.26. The van der Waals surface area contributed by atoms with Crippen LogP contribution in [0.25, 0.3) is 0 Å². The molecular weight excluding hydrogens is 236 g/mol. The highest BCUT2D eigenvalue weighted by molar-refractivity contribution is 5.13. The van der Waals surface area contributed by atoms with Gasteiger partial charge in [-0.25, -0.2) is 0 Å². The molecule has 18 heavy (non-hydrogen) atoms. The topological polar surface area (TPSA) is 79.2 Å². The van der Waals surface area contributed by atoms with Gasteiger partial charge in [0.05, 0.1) is 19.3 Å². The van der Waals surface area contributed by atoms with E-state index in [4.69, 9.17) is 14.6 Å². The number of aliphatic hydroxyl groups is 3. The molecule has 0 saturated carbocycles. The van der Waals surface area contributed by atoms with E-state index in [1.807, 2.05) is 30.3 Å². The Labute approximate surface area is 106 Å². The van der Waals surface area contributed by atoms with Gasteiger partial charge in [-0.15, -0.1) is 0 Å². The molecule has 0 aliphatic carbocycles. The Balaban J connectivity index is 1.91. The highest BCUT2D eigenvalue weighted by Crippen LogP contribution is 2.22. The molecule has 100 valence electrons. The van der Waals surface area contributed by atoms with Gasteiger partial charge in [0, 0.05) is 6.42 Å². The maximum absolute atomic E-state index is 9.90. The normalized spacial score (nSPS) is 32.4. The first-order valence-corrected chi connectivity index (χ1v) is 5.98. The summed E-state index contributed by atoms with van der Waals surface area (Å²) in [5, 5.41) is 28.4.